The predicted octanol–water partition coefficient (Wildman–Crippen LogP) is 2.95. The second-order valence-corrected chi connectivity index (χ2v) is 5.60. The van der Waals surface area contributed by atoms with Gasteiger partial charge in [0.25, 0.3) is 5.56 Å². The highest BCUT2D eigenvalue weighted by Gasteiger charge is 2.13. The summed E-state index contributed by atoms with van der Waals surface area (Å²) in [6, 6.07) is 7.95. The highest BCUT2D eigenvalue weighted by Crippen LogP contribution is 2.27. The Bertz CT molecular complexity index is 712. The zero-order chi connectivity index (χ0) is 15.0. The molecule has 0 unspecified atom stereocenters. The number of benzene rings is 1. The van der Waals surface area contributed by atoms with Crippen molar-refractivity contribution < 1.29 is 0 Å². The van der Waals surface area contributed by atoms with Gasteiger partial charge in [-0.1, -0.05) is 12.1 Å². The monoisotopic (exact) mass is 270 g/mol. The van der Waals surface area contributed by atoms with Gasteiger partial charge in [-0.3, -0.25) is 4.79 Å². The highest BCUT2D eigenvalue weighted by molar-refractivity contribution is 5.67. The van der Waals surface area contributed by atoms with E-state index in [1.165, 1.54) is 16.7 Å². The second-order valence-electron chi connectivity index (χ2n) is 5.60. The molecule has 2 aromatic rings. The number of pyridine rings is 1. The SMILES string of the molecule is Cc1cc(-c2ccc(C)c(C)c2C)n(N(C)C)c(=O)c1. The summed E-state index contributed by atoms with van der Waals surface area (Å²) in [5.74, 6) is 0. The molecule has 0 bridgehead atoms. The fourth-order valence-electron chi connectivity index (χ4n) is 2.53. The van der Waals surface area contributed by atoms with E-state index in [1.807, 2.05) is 26.0 Å². The van der Waals surface area contributed by atoms with Crippen LogP contribution in [0.3, 0.4) is 0 Å². The molecule has 1 heterocycles. The summed E-state index contributed by atoms with van der Waals surface area (Å²) in [5, 5.41) is 1.83. The first-order chi connectivity index (χ1) is 9.32. The maximum absolute atomic E-state index is 12.3. The van der Waals surface area contributed by atoms with Crippen molar-refractivity contribution in [2.24, 2.45) is 0 Å². The lowest BCUT2D eigenvalue weighted by Crippen LogP contribution is -2.37. The second kappa shape index (κ2) is 5.16. The van der Waals surface area contributed by atoms with E-state index in [4.69, 9.17) is 0 Å². The molecule has 20 heavy (non-hydrogen) atoms. The summed E-state index contributed by atoms with van der Waals surface area (Å²) in [4.78, 5) is 12.3. The smallest absolute Gasteiger partial charge is 0.269 e. The molecule has 0 N–H and O–H groups in total. The Morgan fingerprint density at radius 3 is 2.20 bits per heavy atom. The molecule has 0 saturated heterocycles. The molecule has 1 aromatic heterocycles. The Kier molecular flexibility index (Phi) is 3.71. The van der Waals surface area contributed by atoms with Crippen LogP contribution in [0.25, 0.3) is 11.3 Å². The fourth-order valence-corrected chi connectivity index (χ4v) is 2.53. The largest absolute Gasteiger partial charge is 0.316 e. The summed E-state index contributed by atoms with van der Waals surface area (Å²) in [7, 11) is 3.77. The maximum atomic E-state index is 12.3. The summed E-state index contributed by atoms with van der Waals surface area (Å²) >= 11 is 0. The molecule has 0 fully saturated rings. The molecule has 0 spiro atoms. The zero-order valence-corrected chi connectivity index (χ0v) is 13.1. The molecule has 1 aromatic carbocycles. The molecule has 0 saturated carbocycles. The van der Waals surface area contributed by atoms with Crippen LogP contribution >= 0.6 is 0 Å². The standard InChI is InChI=1S/C17H22N2O/c1-11-9-16(19(18(5)6)17(20)10-11)15-8-7-12(2)13(3)14(15)4/h7-10H,1-6H3. The molecule has 2 rings (SSSR count). The first kappa shape index (κ1) is 14.4. The van der Waals surface area contributed by atoms with Crippen molar-refractivity contribution in [1.82, 2.24) is 4.68 Å². The molecular weight excluding hydrogens is 248 g/mol. The molecule has 0 aliphatic heterocycles. The van der Waals surface area contributed by atoms with Gasteiger partial charge in [0.15, 0.2) is 0 Å². The van der Waals surface area contributed by atoms with Crippen molar-refractivity contribution in [1.29, 1.82) is 0 Å². The number of aryl methyl sites for hydroxylation is 2. The van der Waals surface area contributed by atoms with E-state index in [0.29, 0.717) is 0 Å². The minimum atomic E-state index is 0.00243. The van der Waals surface area contributed by atoms with E-state index in [0.717, 1.165) is 16.8 Å². The third kappa shape index (κ3) is 2.36. The van der Waals surface area contributed by atoms with E-state index < -0.39 is 0 Å². The summed E-state index contributed by atoms with van der Waals surface area (Å²) in [6.45, 7) is 8.31. The summed E-state index contributed by atoms with van der Waals surface area (Å²) in [5.41, 5.74) is 6.83. The van der Waals surface area contributed by atoms with E-state index in [1.54, 1.807) is 10.7 Å². The van der Waals surface area contributed by atoms with Crippen molar-refractivity contribution >= 4 is 0 Å². The van der Waals surface area contributed by atoms with Gasteiger partial charge in [-0.25, -0.2) is 4.68 Å². The van der Waals surface area contributed by atoms with Crippen LogP contribution < -0.4 is 10.6 Å². The summed E-state index contributed by atoms with van der Waals surface area (Å²) < 4.78 is 1.71. The minimum Gasteiger partial charge on any atom is -0.316 e. The van der Waals surface area contributed by atoms with Crippen LogP contribution in [0.4, 0.5) is 0 Å². The first-order valence-corrected chi connectivity index (χ1v) is 6.81. The van der Waals surface area contributed by atoms with E-state index in [-0.39, 0.29) is 5.56 Å². The molecule has 106 valence electrons. The molecule has 0 aliphatic carbocycles. The van der Waals surface area contributed by atoms with Gasteiger partial charge in [-0.2, -0.15) is 0 Å². The number of hydrogen-bond acceptors (Lipinski definition) is 2. The van der Waals surface area contributed by atoms with Gasteiger partial charge in [0.2, 0.25) is 0 Å². The Balaban J connectivity index is 2.82. The van der Waals surface area contributed by atoms with Crippen molar-refractivity contribution in [3.8, 4) is 11.3 Å². The van der Waals surface area contributed by atoms with Gasteiger partial charge in [-0.15, -0.1) is 0 Å². The van der Waals surface area contributed by atoms with Gasteiger partial charge < -0.3 is 5.01 Å². The average molecular weight is 270 g/mol. The fraction of sp³-hybridized carbons (Fsp3) is 0.353. The maximum Gasteiger partial charge on any atom is 0.269 e. The molecule has 0 aliphatic rings. The van der Waals surface area contributed by atoms with Crippen LogP contribution in [0.1, 0.15) is 22.3 Å². The van der Waals surface area contributed by atoms with E-state index >= 15 is 0 Å². The van der Waals surface area contributed by atoms with Gasteiger partial charge in [0.1, 0.15) is 0 Å². The van der Waals surface area contributed by atoms with Crippen molar-refractivity contribution in [3.63, 3.8) is 0 Å². The van der Waals surface area contributed by atoms with Gasteiger partial charge in [-0.05, 0) is 56.0 Å². The molecule has 3 heteroatoms. The van der Waals surface area contributed by atoms with Gasteiger partial charge in [0, 0.05) is 25.7 Å². The lowest BCUT2D eigenvalue weighted by Gasteiger charge is -2.22. The number of rotatable bonds is 2. The molecular formula is C17H22N2O. The quantitative estimate of drug-likeness (QED) is 0.838. The molecule has 0 amide bonds. The van der Waals surface area contributed by atoms with Crippen LogP contribution in [0, 0.1) is 27.7 Å². The Hall–Kier alpha value is -2.03. The number of aromatic nitrogens is 1. The lowest BCUT2D eigenvalue weighted by atomic mass is 9.96. The number of hydrogen-bond donors (Lipinski definition) is 0. The Morgan fingerprint density at radius 2 is 1.60 bits per heavy atom. The van der Waals surface area contributed by atoms with Gasteiger partial charge in [0.05, 0.1) is 5.69 Å². The normalized spacial score (nSPS) is 10.7. The molecule has 3 nitrogen and oxygen atoms in total. The lowest BCUT2D eigenvalue weighted by molar-refractivity contribution is 0.706. The third-order valence-corrected chi connectivity index (χ3v) is 3.89. The number of nitrogens with zero attached hydrogens (tertiary/aromatic N) is 2. The molecule has 0 radical (unpaired) electrons. The van der Waals surface area contributed by atoms with Crippen LogP contribution in [0.5, 0.6) is 0 Å². The van der Waals surface area contributed by atoms with Crippen LogP contribution in [0.15, 0.2) is 29.1 Å². The third-order valence-electron chi connectivity index (χ3n) is 3.89. The minimum absolute atomic E-state index is 0.00243. The average Bonchev–Trinajstić information content (AvgIpc) is 2.34. The Morgan fingerprint density at radius 1 is 0.950 bits per heavy atom. The van der Waals surface area contributed by atoms with E-state index in [9.17, 15) is 4.79 Å². The zero-order valence-electron chi connectivity index (χ0n) is 13.1. The summed E-state index contributed by atoms with van der Waals surface area (Å²) in [6.07, 6.45) is 0. The predicted molar refractivity (Wildman–Crippen MR) is 85.2 cm³/mol. The van der Waals surface area contributed by atoms with Crippen molar-refractivity contribution in [2.75, 3.05) is 19.1 Å². The van der Waals surface area contributed by atoms with Gasteiger partial charge >= 0.3 is 0 Å². The first-order valence-electron chi connectivity index (χ1n) is 6.81. The molecule has 0 atom stereocenters. The van der Waals surface area contributed by atoms with Crippen LogP contribution in [-0.4, -0.2) is 18.8 Å². The van der Waals surface area contributed by atoms with Crippen molar-refractivity contribution in [3.05, 3.63) is 56.9 Å². The van der Waals surface area contributed by atoms with E-state index in [2.05, 4.69) is 39.0 Å². The van der Waals surface area contributed by atoms with Crippen molar-refractivity contribution in [2.45, 2.75) is 27.7 Å². The topological polar surface area (TPSA) is 25.2 Å². The highest BCUT2D eigenvalue weighted by atomic mass is 16.1. The Labute approximate surface area is 120 Å². The van der Waals surface area contributed by atoms with Crippen LogP contribution in [-0.2, 0) is 0 Å². The van der Waals surface area contributed by atoms with Crippen LogP contribution in [0.2, 0.25) is 0 Å².